The van der Waals surface area contributed by atoms with E-state index in [9.17, 15) is 0 Å². The molecule has 1 N–H and O–H groups in total. The Labute approximate surface area is 111 Å². The molecule has 0 unspecified atom stereocenters. The van der Waals surface area contributed by atoms with E-state index in [0.717, 1.165) is 37.2 Å². The van der Waals surface area contributed by atoms with E-state index in [1.54, 1.807) is 0 Å². The Kier molecular flexibility index (Phi) is 4.46. The lowest BCUT2D eigenvalue weighted by Gasteiger charge is -2.14. The highest BCUT2D eigenvalue weighted by molar-refractivity contribution is 5.21. The minimum Gasteiger partial charge on any atom is -0.465 e. The van der Waals surface area contributed by atoms with Gasteiger partial charge in [0.05, 0.1) is 6.54 Å². The smallest absolute Gasteiger partial charge is 0.118 e. The van der Waals surface area contributed by atoms with Crippen molar-refractivity contribution in [2.45, 2.75) is 52.7 Å². The van der Waals surface area contributed by atoms with Gasteiger partial charge in [-0.05, 0) is 45.3 Å². The van der Waals surface area contributed by atoms with Crippen LogP contribution in [0.25, 0.3) is 0 Å². The molecule has 0 atom stereocenters. The predicted octanol–water partition coefficient (Wildman–Crippen LogP) is 2.93. The molecule has 0 amide bonds. The Morgan fingerprint density at radius 3 is 2.78 bits per heavy atom. The van der Waals surface area contributed by atoms with Crippen LogP contribution in [-0.2, 0) is 13.1 Å². The van der Waals surface area contributed by atoms with Crippen molar-refractivity contribution in [2.24, 2.45) is 5.92 Å². The fraction of sp³-hybridized carbons (Fsp3) is 0.733. The van der Waals surface area contributed by atoms with Gasteiger partial charge in [0.25, 0.3) is 0 Å². The first-order chi connectivity index (χ1) is 8.56. The zero-order valence-corrected chi connectivity index (χ0v) is 12.1. The van der Waals surface area contributed by atoms with Gasteiger partial charge in [0, 0.05) is 18.2 Å². The van der Waals surface area contributed by atoms with Crippen LogP contribution in [0, 0.1) is 12.8 Å². The molecule has 0 radical (unpaired) electrons. The Bertz CT molecular complexity index is 380. The van der Waals surface area contributed by atoms with Gasteiger partial charge in [-0.2, -0.15) is 0 Å². The lowest BCUT2D eigenvalue weighted by Crippen LogP contribution is -2.20. The summed E-state index contributed by atoms with van der Waals surface area (Å²) in [5, 5.41) is 3.42. The van der Waals surface area contributed by atoms with Crippen LogP contribution >= 0.6 is 0 Å². The zero-order chi connectivity index (χ0) is 13.1. The first kappa shape index (κ1) is 13.6. The quantitative estimate of drug-likeness (QED) is 0.806. The lowest BCUT2D eigenvalue weighted by atomic mass is 10.2. The van der Waals surface area contributed by atoms with E-state index >= 15 is 0 Å². The molecule has 1 aromatic heterocycles. The van der Waals surface area contributed by atoms with Crippen molar-refractivity contribution in [3.05, 3.63) is 23.2 Å². The van der Waals surface area contributed by atoms with Gasteiger partial charge in [0.1, 0.15) is 11.5 Å². The third kappa shape index (κ3) is 3.85. The van der Waals surface area contributed by atoms with E-state index in [2.05, 4.69) is 44.1 Å². The summed E-state index contributed by atoms with van der Waals surface area (Å²) in [6.07, 6.45) is 2.71. The Morgan fingerprint density at radius 1 is 1.44 bits per heavy atom. The molecule has 1 heterocycles. The summed E-state index contributed by atoms with van der Waals surface area (Å²) in [5.74, 6) is 2.82. The normalized spacial score (nSPS) is 15.9. The summed E-state index contributed by atoms with van der Waals surface area (Å²) in [4.78, 5) is 2.43. The molecular formula is C15H26N2O. The van der Waals surface area contributed by atoms with Crippen LogP contribution in [0.3, 0.4) is 0 Å². The lowest BCUT2D eigenvalue weighted by molar-refractivity contribution is 0.313. The van der Waals surface area contributed by atoms with E-state index in [-0.39, 0.29) is 0 Å². The van der Waals surface area contributed by atoms with Gasteiger partial charge < -0.3 is 9.73 Å². The fourth-order valence-electron chi connectivity index (χ4n) is 2.23. The second-order valence-corrected chi connectivity index (χ2v) is 5.97. The average Bonchev–Trinajstić information content (AvgIpc) is 3.06. The number of nitrogens with one attached hydrogen (secondary N) is 1. The molecule has 0 saturated heterocycles. The molecule has 0 bridgehead atoms. The maximum Gasteiger partial charge on any atom is 0.118 e. The first-order valence-electron chi connectivity index (χ1n) is 7.05. The minimum atomic E-state index is 0.682. The Balaban J connectivity index is 1.85. The van der Waals surface area contributed by atoms with Crippen molar-refractivity contribution >= 4 is 0 Å². The number of furan rings is 1. The maximum absolute atomic E-state index is 5.81. The number of hydrogen-bond acceptors (Lipinski definition) is 3. The predicted molar refractivity (Wildman–Crippen MR) is 74.5 cm³/mol. The maximum atomic E-state index is 5.81. The van der Waals surface area contributed by atoms with Crippen molar-refractivity contribution < 1.29 is 4.42 Å². The molecule has 2 rings (SSSR count). The van der Waals surface area contributed by atoms with Gasteiger partial charge in [-0.1, -0.05) is 13.8 Å². The third-order valence-corrected chi connectivity index (χ3v) is 3.51. The summed E-state index contributed by atoms with van der Waals surface area (Å²) in [6.45, 7) is 9.41. The number of hydrogen-bond donors (Lipinski definition) is 1. The molecule has 0 aromatic carbocycles. The summed E-state index contributed by atoms with van der Waals surface area (Å²) in [6, 6.07) is 3.02. The fourth-order valence-corrected chi connectivity index (χ4v) is 2.23. The van der Waals surface area contributed by atoms with Crippen LogP contribution < -0.4 is 5.32 Å². The molecule has 18 heavy (non-hydrogen) atoms. The molecule has 1 aliphatic carbocycles. The van der Waals surface area contributed by atoms with Crippen molar-refractivity contribution in [3.63, 3.8) is 0 Å². The van der Waals surface area contributed by atoms with Gasteiger partial charge in [-0.15, -0.1) is 0 Å². The van der Waals surface area contributed by atoms with E-state index in [4.69, 9.17) is 4.42 Å². The van der Waals surface area contributed by atoms with Crippen molar-refractivity contribution in [1.82, 2.24) is 10.2 Å². The van der Waals surface area contributed by atoms with E-state index in [1.165, 1.54) is 18.4 Å². The molecule has 1 saturated carbocycles. The van der Waals surface area contributed by atoms with Crippen molar-refractivity contribution in [3.8, 4) is 0 Å². The average molecular weight is 250 g/mol. The second-order valence-electron chi connectivity index (χ2n) is 5.97. The number of rotatable bonds is 7. The van der Waals surface area contributed by atoms with Gasteiger partial charge in [0.15, 0.2) is 0 Å². The SMILES string of the molecule is Cc1oc(CNCC(C)C)cc1CN(C)C1CC1. The standard InChI is InChI=1S/C15H26N2O/c1-11(2)8-16-9-15-7-13(12(3)18-15)10-17(4)14-5-6-14/h7,11,14,16H,5-6,8-10H2,1-4H3. The van der Waals surface area contributed by atoms with Crippen LogP contribution in [0.2, 0.25) is 0 Å². The topological polar surface area (TPSA) is 28.4 Å². The molecule has 3 heteroatoms. The molecular weight excluding hydrogens is 224 g/mol. The highest BCUT2D eigenvalue weighted by Crippen LogP contribution is 2.27. The minimum absolute atomic E-state index is 0.682. The van der Waals surface area contributed by atoms with Gasteiger partial charge in [0.2, 0.25) is 0 Å². The first-order valence-corrected chi connectivity index (χ1v) is 7.05. The van der Waals surface area contributed by atoms with Gasteiger partial charge >= 0.3 is 0 Å². The molecule has 1 fully saturated rings. The third-order valence-electron chi connectivity index (χ3n) is 3.51. The van der Waals surface area contributed by atoms with Crippen molar-refractivity contribution in [2.75, 3.05) is 13.6 Å². The summed E-state index contributed by atoms with van der Waals surface area (Å²) < 4.78 is 5.81. The molecule has 3 nitrogen and oxygen atoms in total. The molecule has 102 valence electrons. The summed E-state index contributed by atoms with van der Waals surface area (Å²) >= 11 is 0. The highest BCUT2D eigenvalue weighted by Gasteiger charge is 2.26. The molecule has 0 spiro atoms. The number of nitrogens with zero attached hydrogens (tertiary/aromatic N) is 1. The van der Waals surface area contributed by atoms with E-state index in [1.807, 2.05) is 0 Å². The highest BCUT2D eigenvalue weighted by atomic mass is 16.3. The van der Waals surface area contributed by atoms with Crippen molar-refractivity contribution in [1.29, 1.82) is 0 Å². The van der Waals surface area contributed by atoms with Crippen LogP contribution in [0.15, 0.2) is 10.5 Å². The monoisotopic (exact) mass is 250 g/mol. The second kappa shape index (κ2) is 5.89. The van der Waals surface area contributed by atoms with Crippen LogP contribution in [0.1, 0.15) is 43.8 Å². The molecule has 1 aromatic rings. The van der Waals surface area contributed by atoms with Gasteiger partial charge in [-0.25, -0.2) is 0 Å². The van der Waals surface area contributed by atoms with Gasteiger partial charge in [-0.3, -0.25) is 4.90 Å². The van der Waals surface area contributed by atoms with Crippen LogP contribution in [0.5, 0.6) is 0 Å². The Morgan fingerprint density at radius 2 is 2.17 bits per heavy atom. The Hall–Kier alpha value is -0.800. The largest absolute Gasteiger partial charge is 0.465 e. The van der Waals surface area contributed by atoms with Crippen LogP contribution in [-0.4, -0.2) is 24.5 Å². The molecule has 1 aliphatic rings. The molecule has 0 aliphatic heterocycles. The van der Waals surface area contributed by atoms with E-state index < -0.39 is 0 Å². The number of aryl methyl sites for hydroxylation is 1. The summed E-state index contributed by atoms with van der Waals surface area (Å²) in [5.41, 5.74) is 1.34. The van der Waals surface area contributed by atoms with E-state index in [0.29, 0.717) is 5.92 Å². The van der Waals surface area contributed by atoms with Crippen LogP contribution in [0.4, 0.5) is 0 Å². The summed E-state index contributed by atoms with van der Waals surface area (Å²) in [7, 11) is 2.21. The zero-order valence-electron chi connectivity index (χ0n) is 12.1.